The molecule has 17 heavy (non-hydrogen) atoms. The predicted molar refractivity (Wildman–Crippen MR) is 84.7 cm³/mol. The van der Waals surface area contributed by atoms with E-state index in [0.29, 0.717) is 10.3 Å². The molecule has 0 nitrogen and oxygen atoms in total. The van der Waals surface area contributed by atoms with Crippen molar-refractivity contribution in [2.45, 2.75) is 97.3 Å². The molecule has 1 heteroatoms. The number of hydrogen-bond donors (Lipinski definition) is 0. The molecule has 0 aliphatic rings. The van der Waals surface area contributed by atoms with E-state index in [1.54, 1.807) is 0 Å². The van der Waals surface area contributed by atoms with Crippen molar-refractivity contribution >= 4 is 7.92 Å². The van der Waals surface area contributed by atoms with Crippen LogP contribution in [0.15, 0.2) is 0 Å². The van der Waals surface area contributed by atoms with Gasteiger partial charge >= 0.3 is 0 Å². The molecule has 0 N–H and O–H groups in total. The van der Waals surface area contributed by atoms with Crippen LogP contribution in [0.25, 0.3) is 0 Å². The van der Waals surface area contributed by atoms with E-state index in [1.165, 1.54) is 44.7 Å². The molecular weight excluding hydrogens is 223 g/mol. The summed E-state index contributed by atoms with van der Waals surface area (Å²) in [5.41, 5.74) is 0. The highest BCUT2D eigenvalue weighted by atomic mass is 31.1. The van der Waals surface area contributed by atoms with Crippen LogP contribution in [-0.4, -0.2) is 16.5 Å². The van der Waals surface area contributed by atoms with Gasteiger partial charge in [-0.1, -0.05) is 75.7 Å². The molecule has 0 heterocycles. The van der Waals surface area contributed by atoms with Gasteiger partial charge in [0.1, 0.15) is 0 Å². The topological polar surface area (TPSA) is 0 Å². The Kier molecular flexibility index (Phi) is 7.97. The first-order chi connectivity index (χ1) is 7.81. The summed E-state index contributed by atoms with van der Waals surface area (Å²) in [4.78, 5) is 0. The van der Waals surface area contributed by atoms with E-state index < -0.39 is 0 Å². The Labute approximate surface area is 112 Å². The second-order valence-corrected chi connectivity index (χ2v) is 10.3. The quantitative estimate of drug-likeness (QED) is 0.330. The Hall–Kier alpha value is 0.430. The van der Waals surface area contributed by atoms with Crippen LogP contribution in [0.3, 0.4) is 0 Å². The molecule has 104 valence electrons. The zero-order valence-corrected chi connectivity index (χ0v) is 14.3. The Morgan fingerprint density at radius 2 is 1.18 bits per heavy atom. The smallest absolute Gasteiger partial charge is 0.0149 e. The lowest BCUT2D eigenvalue weighted by Gasteiger charge is -2.45. The van der Waals surface area contributed by atoms with Gasteiger partial charge in [0.25, 0.3) is 0 Å². The Morgan fingerprint density at radius 3 is 1.53 bits per heavy atom. The van der Waals surface area contributed by atoms with Crippen LogP contribution in [0.2, 0.25) is 0 Å². The van der Waals surface area contributed by atoms with Gasteiger partial charge in [-0.2, -0.15) is 0 Å². The van der Waals surface area contributed by atoms with Gasteiger partial charge < -0.3 is 0 Å². The average Bonchev–Trinajstić information content (AvgIpc) is 2.28. The average molecular weight is 258 g/mol. The molecule has 0 bridgehead atoms. The second-order valence-electron chi connectivity index (χ2n) is 6.54. The zero-order valence-electron chi connectivity index (χ0n) is 13.4. The van der Waals surface area contributed by atoms with Crippen molar-refractivity contribution in [2.75, 3.05) is 6.16 Å². The molecule has 0 fully saturated rings. The lowest BCUT2D eigenvalue weighted by Crippen LogP contribution is -2.30. The predicted octanol–water partition coefficient (Wildman–Crippen LogP) is 6.43. The molecule has 0 atom stereocenters. The summed E-state index contributed by atoms with van der Waals surface area (Å²) in [6.45, 7) is 17.0. The lowest BCUT2D eigenvalue weighted by molar-refractivity contribution is 0.595. The molecule has 0 aliphatic carbocycles. The van der Waals surface area contributed by atoms with Gasteiger partial charge in [0.2, 0.25) is 0 Å². The third-order valence-corrected chi connectivity index (χ3v) is 8.75. The van der Waals surface area contributed by atoms with Crippen molar-refractivity contribution in [2.24, 2.45) is 0 Å². The summed E-state index contributed by atoms with van der Waals surface area (Å²) in [5.74, 6) is 0. The standard InChI is InChI=1S/C16H35P/c1-8-11-12-13-14-17(15(4,5)9-2)16(6,7)10-3/h8-14H2,1-7H3. The maximum Gasteiger partial charge on any atom is -0.0149 e. The highest BCUT2D eigenvalue weighted by molar-refractivity contribution is 7.60. The largest absolute Gasteiger partial charge is 0.0951 e. The normalized spacial score (nSPS) is 13.4. The highest BCUT2D eigenvalue weighted by Crippen LogP contribution is 2.62. The summed E-state index contributed by atoms with van der Waals surface area (Å²) < 4.78 is 0. The fourth-order valence-corrected chi connectivity index (χ4v) is 6.66. The Bertz CT molecular complexity index is 178. The van der Waals surface area contributed by atoms with Gasteiger partial charge in [0.05, 0.1) is 0 Å². The van der Waals surface area contributed by atoms with Crippen molar-refractivity contribution in [1.82, 2.24) is 0 Å². The third kappa shape index (κ3) is 5.73. The van der Waals surface area contributed by atoms with Crippen molar-refractivity contribution in [3.05, 3.63) is 0 Å². The number of hydrogen-bond acceptors (Lipinski definition) is 0. The van der Waals surface area contributed by atoms with E-state index in [4.69, 9.17) is 0 Å². The van der Waals surface area contributed by atoms with Crippen LogP contribution in [0.5, 0.6) is 0 Å². The maximum atomic E-state index is 2.50. The molecule has 0 aromatic carbocycles. The minimum absolute atomic E-state index is 0.136. The van der Waals surface area contributed by atoms with Crippen LogP contribution in [-0.2, 0) is 0 Å². The molecule has 0 aromatic heterocycles. The Balaban J connectivity index is 4.53. The SMILES string of the molecule is CCCCCCP(C(C)(C)CC)C(C)(C)CC. The van der Waals surface area contributed by atoms with E-state index in [-0.39, 0.29) is 7.92 Å². The van der Waals surface area contributed by atoms with Crippen molar-refractivity contribution in [3.63, 3.8) is 0 Å². The van der Waals surface area contributed by atoms with Gasteiger partial charge in [-0.05, 0) is 35.7 Å². The molecule has 0 aromatic rings. The van der Waals surface area contributed by atoms with Gasteiger partial charge in [-0.15, -0.1) is 0 Å². The van der Waals surface area contributed by atoms with Crippen LogP contribution < -0.4 is 0 Å². The van der Waals surface area contributed by atoms with E-state index in [0.717, 1.165) is 0 Å². The minimum atomic E-state index is 0.136. The van der Waals surface area contributed by atoms with Gasteiger partial charge in [-0.25, -0.2) is 0 Å². The summed E-state index contributed by atoms with van der Waals surface area (Å²) in [5, 5.41) is 1.11. The summed E-state index contributed by atoms with van der Waals surface area (Å²) >= 11 is 0. The fraction of sp³-hybridized carbons (Fsp3) is 1.00. The molecule has 0 amide bonds. The molecule has 0 saturated carbocycles. The van der Waals surface area contributed by atoms with E-state index in [9.17, 15) is 0 Å². The molecule has 0 spiro atoms. The second kappa shape index (κ2) is 7.78. The summed E-state index contributed by atoms with van der Waals surface area (Å²) in [7, 11) is 0.136. The fourth-order valence-electron chi connectivity index (χ4n) is 2.50. The molecular formula is C16H35P. The van der Waals surface area contributed by atoms with Crippen molar-refractivity contribution in [1.29, 1.82) is 0 Å². The molecule has 0 saturated heterocycles. The maximum absolute atomic E-state index is 2.50. The van der Waals surface area contributed by atoms with Gasteiger partial charge in [0, 0.05) is 0 Å². The van der Waals surface area contributed by atoms with Crippen molar-refractivity contribution < 1.29 is 0 Å². The third-order valence-electron chi connectivity index (χ3n) is 4.43. The van der Waals surface area contributed by atoms with E-state index >= 15 is 0 Å². The molecule has 0 aliphatic heterocycles. The van der Waals surface area contributed by atoms with Crippen LogP contribution in [0.4, 0.5) is 0 Å². The van der Waals surface area contributed by atoms with E-state index in [2.05, 4.69) is 48.5 Å². The first-order valence-electron chi connectivity index (χ1n) is 7.59. The lowest BCUT2D eigenvalue weighted by atomic mass is 10.1. The number of unbranched alkanes of at least 4 members (excludes halogenated alkanes) is 3. The van der Waals surface area contributed by atoms with Gasteiger partial charge in [0.15, 0.2) is 0 Å². The zero-order chi connectivity index (χ0) is 13.5. The first-order valence-corrected chi connectivity index (χ1v) is 9.12. The van der Waals surface area contributed by atoms with Gasteiger partial charge in [-0.3, -0.25) is 0 Å². The first kappa shape index (κ1) is 17.4. The van der Waals surface area contributed by atoms with Crippen LogP contribution in [0.1, 0.15) is 87.0 Å². The Morgan fingerprint density at radius 1 is 0.706 bits per heavy atom. The van der Waals surface area contributed by atoms with E-state index in [1.807, 2.05) is 0 Å². The molecule has 0 radical (unpaired) electrons. The molecule has 0 unspecified atom stereocenters. The highest BCUT2D eigenvalue weighted by Gasteiger charge is 2.37. The molecule has 0 rings (SSSR count). The van der Waals surface area contributed by atoms with Crippen LogP contribution >= 0.6 is 7.92 Å². The summed E-state index contributed by atoms with van der Waals surface area (Å²) in [6.07, 6.45) is 9.80. The van der Waals surface area contributed by atoms with Crippen molar-refractivity contribution in [3.8, 4) is 0 Å². The number of rotatable bonds is 9. The monoisotopic (exact) mass is 258 g/mol. The minimum Gasteiger partial charge on any atom is -0.0951 e. The summed E-state index contributed by atoms with van der Waals surface area (Å²) in [6, 6.07) is 0. The van der Waals surface area contributed by atoms with Crippen LogP contribution in [0, 0.1) is 0 Å².